The van der Waals surface area contributed by atoms with Gasteiger partial charge in [-0.3, -0.25) is 0 Å². The summed E-state index contributed by atoms with van der Waals surface area (Å²) in [4.78, 5) is 11.3. The van der Waals surface area contributed by atoms with Crippen molar-refractivity contribution < 1.29 is 9.90 Å². The van der Waals surface area contributed by atoms with Crippen LogP contribution in [0.15, 0.2) is 18.2 Å². The first-order chi connectivity index (χ1) is 7.09. The molecule has 0 saturated heterocycles. The van der Waals surface area contributed by atoms with E-state index in [1.54, 1.807) is 0 Å². The molecule has 1 aliphatic rings. The Labute approximate surface area is 89.1 Å². The molecule has 0 radical (unpaired) electrons. The van der Waals surface area contributed by atoms with Crippen LogP contribution in [0.1, 0.15) is 24.5 Å². The minimum Gasteiger partial charge on any atom is -0.479 e. The van der Waals surface area contributed by atoms with Gasteiger partial charge in [0.15, 0.2) is 0 Å². The van der Waals surface area contributed by atoms with Crippen LogP contribution in [0.3, 0.4) is 0 Å². The van der Waals surface area contributed by atoms with Gasteiger partial charge in [0.25, 0.3) is 0 Å². The van der Waals surface area contributed by atoms with E-state index in [-0.39, 0.29) is 0 Å². The lowest BCUT2D eigenvalue weighted by molar-refractivity contribution is -0.142. The third-order valence-corrected chi connectivity index (χ3v) is 3.28. The van der Waals surface area contributed by atoms with E-state index in [9.17, 15) is 9.90 Å². The molecule has 0 saturated carbocycles. The molecule has 1 unspecified atom stereocenters. The average Bonchev–Trinajstić information content (AvgIpc) is 2.59. The van der Waals surface area contributed by atoms with Crippen LogP contribution >= 0.6 is 0 Å². The molecule has 1 aliphatic heterocycles. The van der Waals surface area contributed by atoms with Gasteiger partial charge in [0.1, 0.15) is 5.54 Å². The molecule has 0 bridgehead atoms. The van der Waals surface area contributed by atoms with Gasteiger partial charge in [0.2, 0.25) is 0 Å². The molecule has 2 N–H and O–H groups in total. The molecule has 0 fully saturated rings. The van der Waals surface area contributed by atoms with Gasteiger partial charge >= 0.3 is 5.97 Å². The summed E-state index contributed by atoms with van der Waals surface area (Å²) in [5.41, 5.74) is 2.48. The second-order valence-electron chi connectivity index (χ2n) is 4.14. The second kappa shape index (κ2) is 3.26. The Morgan fingerprint density at radius 2 is 2.33 bits per heavy atom. The SMILES string of the molecule is CCC1(C(=O)O)Cc2c(C)cccc2N1. The molecule has 3 heteroatoms. The Morgan fingerprint density at radius 3 is 2.87 bits per heavy atom. The summed E-state index contributed by atoms with van der Waals surface area (Å²) in [6.07, 6.45) is 1.18. The third-order valence-electron chi connectivity index (χ3n) is 3.28. The molecule has 1 aromatic carbocycles. The minimum absolute atomic E-state index is 0.584. The van der Waals surface area contributed by atoms with Crippen molar-refractivity contribution in [3.05, 3.63) is 29.3 Å². The summed E-state index contributed by atoms with van der Waals surface area (Å²) in [7, 11) is 0. The number of aryl methyl sites for hydroxylation is 1. The first-order valence-electron chi connectivity index (χ1n) is 5.19. The molecular formula is C12H15NO2. The maximum Gasteiger partial charge on any atom is 0.329 e. The maximum atomic E-state index is 11.3. The van der Waals surface area contributed by atoms with Crippen LogP contribution in [0.25, 0.3) is 0 Å². The topological polar surface area (TPSA) is 49.3 Å². The van der Waals surface area contributed by atoms with Crippen LogP contribution in [0, 0.1) is 6.92 Å². The first-order valence-corrected chi connectivity index (χ1v) is 5.19. The van der Waals surface area contributed by atoms with Crippen molar-refractivity contribution in [2.24, 2.45) is 0 Å². The van der Waals surface area contributed by atoms with E-state index < -0.39 is 11.5 Å². The van der Waals surface area contributed by atoms with Crippen molar-refractivity contribution in [1.29, 1.82) is 0 Å². The number of anilines is 1. The zero-order valence-electron chi connectivity index (χ0n) is 9.00. The number of rotatable bonds is 2. The lowest BCUT2D eigenvalue weighted by Gasteiger charge is -2.23. The van der Waals surface area contributed by atoms with Gasteiger partial charge in [0, 0.05) is 12.1 Å². The van der Waals surface area contributed by atoms with E-state index >= 15 is 0 Å². The Kier molecular flexibility index (Phi) is 2.18. The molecule has 1 aromatic rings. The van der Waals surface area contributed by atoms with E-state index in [0.717, 1.165) is 16.8 Å². The minimum atomic E-state index is -0.797. The summed E-state index contributed by atoms with van der Waals surface area (Å²) in [6.45, 7) is 3.93. The van der Waals surface area contributed by atoms with Crippen LogP contribution in [0.4, 0.5) is 5.69 Å². The van der Waals surface area contributed by atoms with Gasteiger partial charge in [-0.05, 0) is 30.5 Å². The van der Waals surface area contributed by atoms with Crippen molar-refractivity contribution in [3.63, 3.8) is 0 Å². The van der Waals surface area contributed by atoms with E-state index in [0.29, 0.717) is 12.8 Å². The zero-order chi connectivity index (χ0) is 11.1. The summed E-state index contributed by atoms with van der Waals surface area (Å²) >= 11 is 0. The molecule has 0 amide bonds. The number of carboxylic acid groups (broad SMARTS) is 1. The highest BCUT2D eigenvalue weighted by atomic mass is 16.4. The van der Waals surface area contributed by atoms with Gasteiger partial charge in [-0.2, -0.15) is 0 Å². The summed E-state index contributed by atoms with van der Waals surface area (Å²) in [5.74, 6) is -0.763. The molecule has 15 heavy (non-hydrogen) atoms. The third kappa shape index (κ3) is 1.39. The monoisotopic (exact) mass is 205 g/mol. The van der Waals surface area contributed by atoms with Gasteiger partial charge in [0.05, 0.1) is 0 Å². The van der Waals surface area contributed by atoms with E-state index in [2.05, 4.69) is 5.32 Å². The molecule has 2 rings (SSSR count). The van der Waals surface area contributed by atoms with E-state index in [1.807, 2.05) is 32.0 Å². The van der Waals surface area contributed by atoms with Crippen LogP contribution in [0.5, 0.6) is 0 Å². The Hall–Kier alpha value is -1.51. The van der Waals surface area contributed by atoms with Gasteiger partial charge in [-0.15, -0.1) is 0 Å². The number of hydrogen-bond acceptors (Lipinski definition) is 2. The maximum absolute atomic E-state index is 11.3. The highest BCUT2D eigenvalue weighted by Crippen LogP contribution is 2.36. The van der Waals surface area contributed by atoms with Crippen LogP contribution in [-0.4, -0.2) is 16.6 Å². The van der Waals surface area contributed by atoms with Crippen LogP contribution in [0.2, 0.25) is 0 Å². The van der Waals surface area contributed by atoms with Crippen molar-refractivity contribution in [3.8, 4) is 0 Å². The molecule has 0 aliphatic carbocycles. The number of carboxylic acids is 1. The standard InChI is InChI=1S/C12H15NO2/c1-3-12(11(14)15)7-9-8(2)5-4-6-10(9)13-12/h4-6,13H,3,7H2,1-2H3,(H,14,15). The van der Waals surface area contributed by atoms with Gasteiger partial charge in [-0.25, -0.2) is 4.79 Å². The first kappa shape index (κ1) is 10.0. The Morgan fingerprint density at radius 1 is 1.60 bits per heavy atom. The van der Waals surface area contributed by atoms with Crippen molar-refractivity contribution in [2.45, 2.75) is 32.2 Å². The fourth-order valence-corrected chi connectivity index (χ4v) is 2.15. The molecule has 0 spiro atoms. The number of benzene rings is 1. The van der Waals surface area contributed by atoms with Crippen LogP contribution < -0.4 is 5.32 Å². The summed E-state index contributed by atoms with van der Waals surface area (Å²) in [6, 6.07) is 5.92. The van der Waals surface area contributed by atoms with Crippen molar-refractivity contribution in [2.75, 3.05) is 5.32 Å². The predicted octanol–water partition coefficient (Wildman–Crippen LogP) is 2.20. The molecule has 1 heterocycles. The quantitative estimate of drug-likeness (QED) is 0.778. The molecule has 3 nitrogen and oxygen atoms in total. The average molecular weight is 205 g/mol. The second-order valence-corrected chi connectivity index (χ2v) is 4.14. The molecule has 0 aromatic heterocycles. The number of carbonyl (C=O) groups is 1. The highest BCUT2D eigenvalue weighted by molar-refractivity contribution is 5.86. The van der Waals surface area contributed by atoms with E-state index in [4.69, 9.17) is 0 Å². The summed E-state index contributed by atoms with van der Waals surface area (Å²) < 4.78 is 0. The lowest BCUT2D eigenvalue weighted by atomic mass is 9.91. The van der Waals surface area contributed by atoms with Crippen molar-refractivity contribution in [1.82, 2.24) is 0 Å². The zero-order valence-corrected chi connectivity index (χ0v) is 9.00. The van der Waals surface area contributed by atoms with Gasteiger partial charge < -0.3 is 10.4 Å². The highest BCUT2D eigenvalue weighted by Gasteiger charge is 2.42. The number of hydrogen-bond donors (Lipinski definition) is 2. The largest absolute Gasteiger partial charge is 0.479 e. The fraction of sp³-hybridized carbons (Fsp3) is 0.417. The normalized spacial score (nSPS) is 23.3. The molecule has 80 valence electrons. The van der Waals surface area contributed by atoms with Gasteiger partial charge in [-0.1, -0.05) is 19.1 Å². The van der Waals surface area contributed by atoms with Crippen molar-refractivity contribution >= 4 is 11.7 Å². The summed E-state index contributed by atoms with van der Waals surface area (Å²) in [5, 5.41) is 12.4. The van der Waals surface area contributed by atoms with Crippen LogP contribution in [-0.2, 0) is 11.2 Å². The lowest BCUT2D eigenvalue weighted by Crippen LogP contribution is -2.44. The van der Waals surface area contributed by atoms with E-state index in [1.165, 1.54) is 0 Å². The number of fused-ring (bicyclic) bond motifs is 1. The Bertz CT molecular complexity index is 414. The molecule has 1 atom stereocenters. The fourth-order valence-electron chi connectivity index (χ4n) is 2.15. The molecular weight excluding hydrogens is 190 g/mol. The number of nitrogens with one attached hydrogen (secondary N) is 1. The predicted molar refractivity (Wildman–Crippen MR) is 59.2 cm³/mol. The number of aliphatic carboxylic acids is 1. The Balaban J connectivity index is 2.44. The smallest absolute Gasteiger partial charge is 0.329 e.